The number of amides is 2. The van der Waals surface area contributed by atoms with Crippen LogP contribution >= 0.6 is 34.4 Å². The Morgan fingerprint density at radius 2 is 2.17 bits per heavy atom. The van der Waals surface area contributed by atoms with Crippen LogP contribution < -0.4 is 20.7 Å². The second-order valence-corrected chi connectivity index (χ2v) is 11.6. The predicted molar refractivity (Wildman–Crippen MR) is 139 cm³/mol. The molecule has 0 radical (unpaired) electrons. The number of anilines is 1. The van der Waals surface area contributed by atoms with Crippen LogP contribution in [0.15, 0.2) is 39.7 Å². The van der Waals surface area contributed by atoms with Gasteiger partial charge in [-0.3, -0.25) is 14.5 Å². The van der Waals surface area contributed by atoms with Gasteiger partial charge in [-0.15, -0.1) is 23.1 Å². The minimum atomic E-state index is -1.54. The second kappa shape index (κ2) is 10.9. The number of hydrogen-bond donors (Lipinski definition) is 3. The highest BCUT2D eigenvalue weighted by Crippen LogP contribution is 2.40. The van der Waals surface area contributed by atoms with Crippen molar-refractivity contribution >= 4 is 73.9 Å². The molecule has 2 aliphatic rings. The van der Waals surface area contributed by atoms with Gasteiger partial charge in [-0.05, 0) is 6.92 Å². The van der Waals surface area contributed by atoms with Crippen molar-refractivity contribution in [1.82, 2.24) is 19.6 Å². The maximum Gasteiger partial charge on any atom is 0.347 e. The van der Waals surface area contributed by atoms with Gasteiger partial charge in [-0.1, -0.05) is 16.5 Å². The van der Waals surface area contributed by atoms with Gasteiger partial charge in [0.2, 0.25) is 17.3 Å². The van der Waals surface area contributed by atoms with E-state index in [1.54, 1.807) is 26.9 Å². The van der Waals surface area contributed by atoms with E-state index in [-0.39, 0.29) is 28.8 Å². The molecule has 0 aliphatic carbocycles. The van der Waals surface area contributed by atoms with Gasteiger partial charge in [0.1, 0.15) is 29.9 Å². The fourth-order valence-corrected chi connectivity index (χ4v) is 6.90. The van der Waals surface area contributed by atoms with Crippen molar-refractivity contribution in [2.45, 2.75) is 37.7 Å². The molecule has 2 amide bonds. The van der Waals surface area contributed by atoms with Crippen LogP contribution in [0.5, 0.6) is 0 Å². The zero-order chi connectivity index (χ0) is 28.7. The summed E-state index contributed by atoms with van der Waals surface area (Å²) in [6.45, 7) is 0.691. The maximum absolute atomic E-state index is 13.2. The van der Waals surface area contributed by atoms with Crippen molar-refractivity contribution in [2.75, 3.05) is 11.5 Å². The van der Waals surface area contributed by atoms with Crippen LogP contribution in [0.1, 0.15) is 18.3 Å². The number of rotatable bonds is 10. The molecule has 0 aromatic carbocycles. The molecule has 18 heteroatoms. The zero-order valence-electron chi connectivity index (χ0n) is 20.5. The van der Waals surface area contributed by atoms with Crippen LogP contribution in [0.25, 0.3) is 4.83 Å². The third-order valence-corrected chi connectivity index (χ3v) is 9.02. The molecule has 210 valence electrons. The molecule has 1 fully saturated rings. The molecule has 1 saturated heterocycles. The maximum atomic E-state index is 13.2. The molecule has 40 heavy (non-hydrogen) atoms. The summed E-state index contributed by atoms with van der Waals surface area (Å²) < 4.78 is 16.6. The van der Waals surface area contributed by atoms with Crippen LogP contribution in [-0.2, 0) is 37.2 Å². The molecule has 0 spiro atoms. The van der Waals surface area contributed by atoms with Gasteiger partial charge in [0, 0.05) is 22.1 Å². The summed E-state index contributed by atoms with van der Waals surface area (Å²) in [4.78, 5) is 60.1. The molecule has 3 atom stereocenters. The van der Waals surface area contributed by atoms with Crippen molar-refractivity contribution in [2.24, 2.45) is 5.16 Å². The van der Waals surface area contributed by atoms with Crippen molar-refractivity contribution in [3.63, 3.8) is 0 Å². The fourth-order valence-electron chi connectivity index (χ4n) is 4.11. The monoisotopic (exact) mass is 609 g/mol. The summed E-state index contributed by atoms with van der Waals surface area (Å²) >= 11 is 3.60. The molecule has 3 aromatic heterocycles. The number of nitrogens with zero attached hydrogens (tertiary/aromatic N) is 5. The van der Waals surface area contributed by atoms with Crippen LogP contribution in [0.4, 0.5) is 9.52 Å². The largest absolute Gasteiger partial charge is 0.543 e. The second-order valence-electron chi connectivity index (χ2n) is 8.68. The number of nitrogens with one attached hydrogen (secondary N) is 1. The number of alkyl halides is 1. The molecule has 2 aliphatic heterocycles. The molecular weight excluding hydrogens is 589 g/mol. The van der Waals surface area contributed by atoms with E-state index in [9.17, 15) is 28.7 Å². The summed E-state index contributed by atoms with van der Waals surface area (Å²) in [5, 5.41) is 29.8. The van der Waals surface area contributed by atoms with Gasteiger partial charge in [-0.25, -0.2) is 18.7 Å². The Labute approximate surface area is 236 Å². The first-order valence-electron chi connectivity index (χ1n) is 11.5. The van der Waals surface area contributed by atoms with Gasteiger partial charge in [0.05, 0.1) is 11.7 Å². The zero-order valence-corrected chi connectivity index (χ0v) is 22.9. The van der Waals surface area contributed by atoms with Crippen LogP contribution in [-0.4, -0.2) is 72.1 Å². The Kier molecular flexibility index (Phi) is 7.47. The third-order valence-electron chi connectivity index (χ3n) is 6.07. The minimum Gasteiger partial charge on any atom is -0.543 e. The lowest BCUT2D eigenvalue weighted by Gasteiger charge is -2.50. The van der Waals surface area contributed by atoms with E-state index in [4.69, 9.17) is 15.7 Å². The van der Waals surface area contributed by atoms with Gasteiger partial charge in [0.15, 0.2) is 23.2 Å². The van der Waals surface area contributed by atoms with E-state index in [1.165, 1.54) is 35.4 Å². The minimum absolute atomic E-state index is 0.00976. The lowest BCUT2D eigenvalue weighted by Crippen LogP contribution is -2.71. The average molecular weight is 610 g/mol. The van der Waals surface area contributed by atoms with E-state index < -0.39 is 53.7 Å². The summed E-state index contributed by atoms with van der Waals surface area (Å²) in [6.07, 6.45) is 2.03. The molecule has 4 N–H and O–H groups in total. The molecule has 0 unspecified atom stereocenters. The number of halogens is 1. The van der Waals surface area contributed by atoms with E-state index in [1.807, 2.05) is 0 Å². The number of nitrogen functional groups attached to an aromatic ring is 1. The third kappa shape index (κ3) is 5.00. The van der Waals surface area contributed by atoms with Crippen molar-refractivity contribution < 1.29 is 43.2 Å². The van der Waals surface area contributed by atoms with Crippen molar-refractivity contribution in [3.8, 4) is 0 Å². The first kappa shape index (κ1) is 27.5. The average Bonchev–Trinajstić information content (AvgIpc) is 3.62. The number of carbonyl (C=O) groups is 4. The Bertz CT molecular complexity index is 1600. The normalized spacial score (nSPS) is 19.8. The van der Waals surface area contributed by atoms with E-state index in [2.05, 4.69) is 15.5 Å². The molecule has 5 heterocycles. The quantitative estimate of drug-likeness (QED) is 0.112. The number of hydrogen-bond acceptors (Lipinski definition) is 12. The molecule has 14 nitrogen and oxygen atoms in total. The highest BCUT2D eigenvalue weighted by molar-refractivity contribution is 8.00. The number of carbonyl (C=O) groups excluding carboxylic acids is 3. The SMILES string of the molecule is C[C@H](O/N=C(\C(=O)N[C@@H]1C(=O)N2C(C(=O)[O-])=C(C[n+]3cc4scc(CF)n4c3)CS[C@H]12)c1csc(N)n1)C(=O)O. The topological polar surface area (TPSA) is 196 Å². The number of carboxylic acids is 2. The number of aromatic nitrogens is 3. The first-order valence-corrected chi connectivity index (χ1v) is 14.3. The number of thioether (sulfide) groups is 1. The Morgan fingerprint density at radius 1 is 1.40 bits per heavy atom. The molecule has 0 bridgehead atoms. The standard InChI is InChI=1S/C22H20FN7O7S3/c1-9(20(33)34)37-27-14(12-7-40-22(24)25-12)17(31)26-15-18(32)30-16(21(35)36)10(5-39-19(15)30)3-28-4-13-29(8-28)11(2-23)6-38-13/h4,6-9,15,19H,2-3,5H2,1H3,(H4-,24,25,26,31,33,34,35,36)/b27-14-/t9-,15+,19+/m0/s1. The summed E-state index contributed by atoms with van der Waals surface area (Å²) in [5.41, 5.74) is 5.85. The number of fused-ring (bicyclic) bond motifs is 2. The number of carboxylic acid groups (broad SMARTS) is 2. The van der Waals surface area contributed by atoms with Crippen LogP contribution in [0.2, 0.25) is 0 Å². The predicted octanol–water partition coefficient (Wildman–Crippen LogP) is -0.906. The summed E-state index contributed by atoms with van der Waals surface area (Å²) in [5.74, 6) is -4.20. The van der Waals surface area contributed by atoms with Crippen LogP contribution in [0, 0.1) is 0 Å². The van der Waals surface area contributed by atoms with Crippen molar-refractivity contribution in [1.29, 1.82) is 0 Å². The first-order chi connectivity index (χ1) is 19.1. The van der Waals surface area contributed by atoms with Crippen LogP contribution in [0.3, 0.4) is 0 Å². The Morgan fingerprint density at radius 3 is 2.83 bits per heavy atom. The van der Waals surface area contributed by atoms with Gasteiger partial charge in [0.25, 0.3) is 11.8 Å². The number of thiazole rings is 2. The lowest BCUT2D eigenvalue weighted by molar-refractivity contribution is -0.687. The number of nitrogens with two attached hydrogens (primary N) is 1. The summed E-state index contributed by atoms with van der Waals surface area (Å²) in [7, 11) is 0. The number of β-lactam (4-membered cyclic amide) rings is 1. The van der Waals surface area contributed by atoms with Gasteiger partial charge < -0.3 is 30.9 Å². The lowest BCUT2D eigenvalue weighted by atomic mass is 10.0. The molecule has 3 aromatic rings. The smallest absolute Gasteiger partial charge is 0.347 e. The molecule has 5 rings (SSSR count). The highest BCUT2D eigenvalue weighted by atomic mass is 32.2. The Hall–Kier alpha value is -4.03. The molecule has 0 saturated carbocycles. The highest BCUT2D eigenvalue weighted by Gasteiger charge is 2.53. The van der Waals surface area contributed by atoms with Crippen molar-refractivity contribution in [3.05, 3.63) is 45.9 Å². The van der Waals surface area contributed by atoms with E-state index in [0.29, 0.717) is 11.3 Å². The number of imidazole rings is 1. The van der Waals surface area contributed by atoms with Gasteiger partial charge in [-0.2, -0.15) is 4.40 Å². The Balaban J connectivity index is 1.35. The van der Waals surface area contributed by atoms with E-state index in [0.717, 1.165) is 21.1 Å². The summed E-state index contributed by atoms with van der Waals surface area (Å²) in [6, 6.07) is -1.11. The van der Waals surface area contributed by atoms with Gasteiger partial charge >= 0.3 is 5.97 Å². The van der Waals surface area contributed by atoms with E-state index >= 15 is 0 Å². The fraction of sp³-hybridized carbons (Fsp3) is 0.318. The number of aliphatic carboxylic acids is 2. The molecular formula is C22H20FN7O7S3. The number of oxime groups is 1.